The monoisotopic (exact) mass is 195 g/mol. The average Bonchev–Trinajstić information content (AvgIpc) is 2.51. The van der Waals surface area contributed by atoms with E-state index in [0.717, 1.165) is 0 Å². The fourth-order valence-electron chi connectivity index (χ4n) is 0.928. The third-order valence-electron chi connectivity index (χ3n) is 1.87. The fourth-order valence-corrected chi connectivity index (χ4v) is 0.928. The number of rotatable bonds is 4. The summed E-state index contributed by atoms with van der Waals surface area (Å²) in [6, 6.07) is 0. The number of hydrogen-bond acceptors (Lipinski definition) is 4. The van der Waals surface area contributed by atoms with Crippen LogP contribution in [0.3, 0.4) is 0 Å². The third-order valence-corrected chi connectivity index (χ3v) is 1.87. The van der Waals surface area contributed by atoms with Gasteiger partial charge in [-0.1, -0.05) is 19.1 Å². The van der Waals surface area contributed by atoms with Crippen molar-refractivity contribution in [2.75, 3.05) is 0 Å². The molecule has 0 fully saturated rings. The highest BCUT2D eigenvalue weighted by Gasteiger charge is 2.16. The summed E-state index contributed by atoms with van der Waals surface area (Å²) in [5, 5.41) is 7.26. The van der Waals surface area contributed by atoms with E-state index in [1.807, 2.05) is 0 Å². The molecule has 0 saturated carbocycles. The Hall–Kier alpha value is -1.52. The second-order valence-corrected chi connectivity index (χ2v) is 3.50. The van der Waals surface area contributed by atoms with E-state index < -0.39 is 0 Å². The molecule has 5 nitrogen and oxygen atoms in total. The molecule has 0 aliphatic rings. The van der Waals surface area contributed by atoms with Gasteiger partial charge in [0, 0.05) is 13.0 Å². The zero-order chi connectivity index (χ0) is 10.7. The Morgan fingerprint density at radius 2 is 2.14 bits per heavy atom. The lowest BCUT2D eigenvalue weighted by Crippen LogP contribution is -2.13. The zero-order valence-electron chi connectivity index (χ0n) is 8.52. The molecule has 76 valence electrons. The van der Waals surface area contributed by atoms with Crippen LogP contribution in [-0.2, 0) is 11.8 Å². The molecule has 0 aliphatic heterocycles. The topological polar surface area (TPSA) is 64.8 Å². The van der Waals surface area contributed by atoms with Gasteiger partial charge in [0.2, 0.25) is 0 Å². The van der Waals surface area contributed by atoms with E-state index in [9.17, 15) is 9.59 Å². The SMILES string of the molecule is CC(C)C(=O)CC(=O)c1cn(C)nn1. The molecule has 1 aromatic heterocycles. The molecule has 0 atom stereocenters. The van der Waals surface area contributed by atoms with Gasteiger partial charge in [-0.05, 0) is 0 Å². The molecule has 1 heterocycles. The largest absolute Gasteiger partial charge is 0.299 e. The van der Waals surface area contributed by atoms with Crippen LogP contribution in [0.25, 0.3) is 0 Å². The molecule has 0 aliphatic carbocycles. The molecule has 0 bridgehead atoms. The summed E-state index contributed by atoms with van der Waals surface area (Å²) in [5.74, 6) is -0.451. The first kappa shape index (κ1) is 10.6. The quantitative estimate of drug-likeness (QED) is 0.521. The van der Waals surface area contributed by atoms with Gasteiger partial charge >= 0.3 is 0 Å². The normalized spacial score (nSPS) is 10.6. The lowest BCUT2D eigenvalue weighted by Gasteiger charge is -2.00. The zero-order valence-corrected chi connectivity index (χ0v) is 8.52. The molecule has 0 saturated heterocycles. The molecule has 0 spiro atoms. The number of aryl methyl sites for hydroxylation is 1. The highest BCUT2D eigenvalue weighted by Crippen LogP contribution is 2.04. The molecular weight excluding hydrogens is 182 g/mol. The van der Waals surface area contributed by atoms with Gasteiger partial charge in [-0.3, -0.25) is 14.3 Å². The molecule has 0 amide bonds. The lowest BCUT2D eigenvalue weighted by molar-refractivity contribution is -0.121. The maximum atomic E-state index is 11.4. The fraction of sp³-hybridized carbons (Fsp3) is 0.556. The number of ketones is 2. The molecule has 14 heavy (non-hydrogen) atoms. The minimum absolute atomic E-state index is 0.0688. The summed E-state index contributed by atoms with van der Waals surface area (Å²) in [6.07, 6.45) is 1.42. The maximum absolute atomic E-state index is 11.4. The van der Waals surface area contributed by atoms with E-state index in [4.69, 9.17) is 0 Å². The molecule has 0 unspecified atom stereocenters. The van der Waals surface area contributed by atoms with Gasteiger partial charge in [-0.15, -0.1) is 5.10 Å². The standard InChI is InChI=1S/C9H13N3O2/c1-6(2)8(13)4-9(14)7-5-12(3)11-10-7/h5-6H,4H2,1-3H3. The maximum Gasteiger partial charge on any atom is 0.192 e. The van der Waals surface area contributed by atoms with Crippen molar-refractivity contribution in [2.45, 2.75) is 20.3 Å². The van der Waals surface area contributed by atoms with Crippen molar-refractivity contribution in [3.05, 3.63) is 11.9 Å². The number of Topliss-reactive ketones (excluding diaryl/α,β-unsaturated/α-hetero) is 2. The van der Waals surface area contributed by atoms with Gasteiger partial charge in [0.1, 0.15) is 11.5 Å². The number of hydrogen-bond donors (Lipinski definition) is 0. The van der Waals surface area contributed by atoms with E-state index in [2.05, 4.69) is 10.3 Å². The van der Waals surface area contributed by atoms with Crippen molar-refractivity contribution in [3.63, 3.8) is 0 Å². The molecule has 0 N–H and O–H groups in total. The van der Waals surface area contributed by atoms with E-state index in [1.54, 1.807) is 20.9 Å². The van der Waals surface area contributed by atoms with Crippen LogP contribution in [0.1, 0.15) is 30.8 Å². The van der Waals surface area contributed by atoms with Crippen LogP contribution in [-0.4, -0.2) is 26.6 Å². The number of carbonyl (C=O) groups excluding carboxylic acids is 2. The minimum Gasteiger partial charge on any atom is -0.299 e. The van der Waals surface area contributed by atoms with Crippen molar-refractivity contribution in [2.24, 2.45) is 13.0 Å². The van der Waals surface area contributed by atoms with Crippen molar-refractivity contribution >= 4 is 11.6 Å². The summed E-state index contributed by atoms with van der Waals surface area (Å²) in [5.41, 5.74) is 0.251. The summed E-state index contributed by atoms with van der Waals surface area (Å²) < 4.78 is 1.44. The molecule has 0 aromatic carbocycles. The summed E-state index contributed by atoms with van der Waals surface area (Å²) in [7, 11) is 1.67. The Bertz CT molecular complexity index is 355. The molecular formula is C9H13N3O2. The van der Waals surface area contributed by atoms with E-state index in [1.165, 1.54) is 10.9 Å². The van der Waals surface area contributed by atoms with Gasteiger partial charge in [-0.2, -0.15) is 0 Å². The van der Waals surface area contributed by atoms with Crippen LogP contribution >= 0.6 is 0 Å². The van der Waals surface area contributed by atoms with Gasteiger partial charge < -0.3 is 0 Å². The second kappa shape index (κ2) is 4.13. The van der Waals surface area contributed by atoms with Crippen LogP contribution in [0.2, 0.25) is 0 Å². The third kappa shape index (κ3) is 2.48. The van der Waals surface area contributed by atoms with Crippen LogP contribution in [0.5, 0.6) is 0 Å². The molecule has 0 radical (unpaired) electrons. The Morgan fingerprint density at radius 3 is 2.57 bits per heavy atom. The number of aromatic nitrogens is 3. The van der Waals surface area contributed by atoms with Crippen molar-refractivity contribution in [1.82, 2.24) is 15.0 Å². The Morgan fingerprint density at radius 1 is 1.50 bits per heavy atom. The van der Waals surface area contributed by atoms with Crippen LogP contribution < -0.4 is 0 Å². The number of nitrogens with zero attached hydrogens (tertiary/aromatic N) is 3. The predicted molar refractivity (Wildman–Crippen MR) is 49.8 cm³/mol. The van der Waals surface area contributed by atoms with Crippen molar-refractivity contribution < 1.29 is 9.59 Å². The lowest BCUT2D eigenvalue weighted by atomic mass is 10.0. The predicted octanol–water partition coefficient (Wildman–Crippen LogP) is 0.613. The van der Waals surface area contributed by atoms with Crippen LogP contribution in [0, 0.1) is 5.92 Å². The van der Waals surface area contributed by atoms with Gasteiger partial charge in [0.15, 0.2) is 5.78 Å². The molecule has 1 aromatic rings. The Balaban J connectivity index is 2.64. The summed E-state index contributed by atoms with van der Waals surface area (Å²) in [4.78, 5) is 22.7. The molecule has 1 rings (SSSR count). The Labute approximate surface area is 82.1 Å². The average molecular weight is 195 g/mol. The first-order valence-corrected chi connectivity index (χ1v) is 4.43. The van der Waals surface area contributed by atoms with Crippen LogP contribution in [0.4, 0.5) is 0 Å². The van der Waals surface area contributed by atoms with Crippen LogP contribution in [0.15, 0.2) is 6.20 Å². The first-order chi connectivity index (χ1) is 6.50. The van der Waals surface area contributed by atoms with E-state index >= 15 is 0 Å². The summed E-state index contributed by atoms with van der Waals surface area (Å²) in [6.45, 7) is 3.54. The minimum atomic E-state index is -0.267. The van der Waals surface area contributed by atoms with Gasteiger partial charge in [0.25, 0.3) is 0 Å². The molecule has 5 heteroatoms. The highest BCUT2D eigenvalue weighted by molar-refractivity contribution is 6.07. The smallest absolute Gasteiger partial charge is 0.192 e. The number of carbonyl (C=O) groups is 2. The van der Waals surface area contributed by atoms with Gasteiger partial charge in [0.05, 0.1) is 12.6 Å². The van der Waals surface area contributed by atoms with Crippen molar-refractivity contribution in [3.8, 4) is 0 Å². The first-order valence-electron chi connectivity index (χ1n) is 4.43. The highest BCUT2D eigenvalue weighted by atomic mass is 16.1. The van der Waals surface area contributed by atoms with Crippen molar-refractivity contribution in [1.29, 1.82) is 0 Å². The second-order valence-electron chi connectivity index (χ2n) is 3.50. The van der Waals surface area contributed by atoms with E-state index in [-0.39, 0.29) is 29.6 Å². The van der Waals surface area contributed by atoms with Gasteiger partial charge in [-0.25, -0.2) is 0 Å². The van der Waals surface area contributed by atoms with E-state index in [0.29, 0.717) is 0 Å². The Kier molecular flexibility index (Phi) is 3.11. The summed E-state index contributed by atoms with van der Waals surface area (Å²) >= 11 is 0.